The van der Waals surface area contributed by atoms with Crippen molar-refractivity contribution in [2.45, 2.75) is 56.1 Å². The van der Waals surface area contributed by atoms with E-state index in [1.807, 2.05) is 6.92 Å². The molecule has 1 amide bonds. The summed E-state index contributed by atoms with van der Waals surface area (Å²) < 4.78 is 24.4. The Bertz CT molecular complexity index is 710. The standard InChI is InChI=1S/C13H22N4O4S2/c1-3-4-6-17-12(19)15-16-13(17)22-9(2)11(18)14-10-5-7-23(20,21)8-10/h9-10H,3-8H2,1-2H3,(H,14,18)(H,15,19)/t9-,10-/m0/s1. The Balaban J connectivity index is 1.95. The lowest BCUT2D eigenvalue weighted by molar-refractivity contribution is -0.120. The molecular formula is C13H22N4O4S2. The largest absolute Gasteiger partial charge is 0.351 e. The van der Waals surface area contributed by atoms with E-state index in [0.717, 1.165) is 12.8 Å². The van der Waals surface area contributed by atoms with Crippen molar-refractivity contribution in [3.05, 3.63) is 10.5 Å². The van der Waals surface area contributed by atoms with Gasteiger partial charge < -0.3 is 5.32 Å². The summed E-state index contributed by atoms with van der Waals surface area (Å²) in [5, 5.41) is 9.13. The molecule has 1 fully saturated rings. The van der Waals surface area contributed by atoms with E-state index in [1.165, 1.54) is 16.3 Å². The summed E-state index contributed by atoms with van der Waals surface area (Å²) in [6.45, 7) is 4.31. The first-order valence-electron chi connectivity index (χ1n) is 7.65. The fraction of sp³-hybridized carbons (Fsp3) is 0.769. The maximum atomic E-state index is 12.2. The summed E-state index contributed by atoms with van der Waals surface area (Å²) in [5.41, 5.74) is -0.282. The smallest absolute Gasteiger partial charge is 0.343 e. The molecule has 1 saturated heterocycles. The molecule has 1 aliphatic heterocycles. The minimum atomic E-state index is -3.02. The summed E-state index contributed by atoms with van der Waals surface area (Å²) in [7, 11) is -3.02. The first-order valence-corrected chi connectivity index (χ1v) is 10.3. The first-order chi connectivity index (χ1) is 10.8. The highest BCUT2D eigenvalue weighted by Crippen LogP contribution is 2.21. The van der Waals surface area contributed by atoms with Gasteiger partial charge in [-0.25, -0.2) is 18.3 Å². The van der Waals surface area contributed by atoms with Crippen molar-refractivity contribution < 1.29 is 13.2 Å². The van der Waals surface area contributed by atoms with Crippen LogP contribution < -0.4 is 11.0 Å². The molecule has 1 aromatic rings. The van der Waals surface area contributed by atoms with E-state index in [0.29, 0.717) is 18.1 Å². The van der Waals surface area contributed by atoms with Gasteiger partial charge in [0.15, 0.2) is 15.0 Å². The van der Waals surface area contributed by atoms with Gasteiger partial charge in [0.1, 0.15) is 0 Å². The molecule has 1 aliphatic rings. The molecule has 10 heteroatoms. The molecule has 8 nitrogen and oxygen atoms in total. The number of amides is 1. The lowest BCUT2D eigenvalue weighted by Crippen LogP contribution is -2.40. The molecule has 2 N–H and O–H groups in total. The molecule has 0 aliphatic carbocycles. The van der Waals surface area contributed by atoms with Gasteiger partial charge in [-0.05, 0) is 19.8 Å². The summed E-state index contributed by atoms with van der Waals surface area (Å²) in [6.07, 6.45) is 2.26. The zero-order chi connectivity index (χ0) is 17.0. The Labute approximate surface area is 139 Å². The molecule has 0 bridgehead atoms. The van der Waals surface area contributed by atoms with Gasteiger partial charge in [0.2, 0.25) is 5.91 Å². The van der Waals surface area contributed by atoms with Crippen LogP contribution in [0.5, 0.6) is 0 Å². The normalized spacial score (nSPS) is 21.2. The SMILES string of the molecule is CCCCn1c(S[C@@H](C)C(=O)N[C@H]2CCS(=O)(=O)C2)n[nH]c1=O. The molecule has 0 saturated carbocycles. The Kier molecular flexibility index (Phi) is 5.90. The monoisotopic (exact) mass is 362 g/mol. The van der Waals surface area contributed by atoms with Crippen molar-refractivity contribution in [1.82, 2.24) is 20.1 Å². The van der Waals surface area contributed by atoms with Crippen LogP contribution in [0.4, 0.5) is 0 Å². The number of sulfone groups is 1. The van der Waals surface area contributed by atoms with Gasteiger partial charge in [0, 0.05) is 12.6 Å². The van der Waals surface area contributed by atoms with Crippen molar-refractivity contribution >= 4 is 27.5 Å². The van der Waals surface area contributed by atoms with Crippen LogP contribution in [0.15, 0.2) is 9.95 Å². The van der Waals surface area contributed by atoms with Crippen LogP contribution in [-0.4, -0.2) is 51.9 Å². The third-order valence-electron chi connectivity index (χ3n) is 3.69. The maximum absolute atomic E-state index is 12.2. The summed E-state index contributed by atoms with van der Waals surface area (Å²) in [6, 6.07) is -0.322. The Hall–Kier alpha value is -1.29. The van der Waals surface area contributed by atoms with Gasteiger partial charge in [-0.15, -0.1) is 5.10 Å². The van der Waals surface area contributed by atoms with Gasteiger partial charge in [-0.3, -0.25) is 9.36 Å². The number of carbonyl (C=O) groups is 1. The first kappa shape index (κ1) is 18.1. The van der Waals surface area contributed by atoms with Crippen molar-refractivity contribution in [3.8, 4) is 0 Å². The molecular weight excluding hydrogens is 340 g/mol. The van der Waals surface area contributed by atoms with Crippen molar-refractivity contribution in [3.63, 3.8) is 0 Å². The number of nitrogens with one attached hydrogen (secondary N) is 2. The zero-order valence-electron chi connectivity index (χ0n) is 13.2. The van der Waals surface area contributed by atoms with Crippen LogP contribution in [0.1, 0.15) is 33.1 Å². The highest BCUT2D eigenvalue weighted by atomic mass is 32.2. The van der Waals surface area contributed by atoms with E-state index in [1.54, 1.807) is 6.92 Å². The summed E-state index contributed by atoms with van der Waals surface area (Å²) in [5.74, 6) is -0.121. The van der Waals surface area contributed by atoms with Crippen LogP contribution in [0, 0.1) is 0 Å². The molecule has 1 aromatic heterocycles. The molecule has 23 heavy (non-hydrogen) atoms. The van der Waals surface area contributed by atoms with E-state index in [9.17, 15) is 18.0 Å². The van der Waals surface area contributed by atoms with Crippen LogP contribution in [0.2, 0.25) is 0 Å². The van der Waals surface area contributed by atoms with Crippen molar-refractivity contribution in [1.29, 1.82) is 0 Å². The number of aromatic amines is 1. The molecule has 2 heterocycles. The predicted octanol–water partition coefficient (Wildman–Crippen LogP) is 0.155. The van der Waals surface area contributed by atoms with Crippen LogP contribution in [0.25, 0.3) is 0 Å². The molecule has 0 radical (unpaired) electrons. The number of thioether (sulfide) groups is 1. The number of hydrogen-bond acceptors (Lipinski definition) is 6. The fourth-order valence-electron chi connectivity index (χ4n) is 2.35. The minimum absolute atomic E-state index is 0.000258. The molecule has 0 spiro atoms. The summed E-state index contributed by atoms with van der Waals surface area (Å²) in [4.78, 5) is 23.9. The van der Waals surface area contributed by atoms with Crippen LogP contribution in [0.3, 0.4) is 0 Å². The number of unbranched alkanes of at least 4 members (excludes halogenated alkanes) is 1. The average molecular weight is 362 g/mol. The third-order valence-corrected chi connectivity index (χ3v) is 6.55. The average Bonchev–Trinajstić information content (AvgIpc) is 2.99. The fourth-order valence-corrected chi connectivity index (χ4v) is 4.91. The van der Waals surface area contributed by atoms with E-state index < -0.39 is 15.1 Å². The Morgan fingerprint density at radius 2 is 2.30 bits per heavy atom. The number of carbonyl (C=O) groups excluding carboxylic acids is 1. The van der Waals surface area contributed by atoms with Crippen molar-refractivity contribution in [2.75, 3.05) is 11.5 Å². The van der Waals surface area contributed by atoms with Gasteiger partial charge in [0.05, 0.1) is 16.8 Å². The number of nitrogens with zero attached hydrogens (tertiary/aromatic N) is 2. The van der Waals surface area contributed by atoms with Gasteiger partial charge in [0.25, 0.3) is 0 Å². The number of rotatable bonds is 7. The van der Waals surface area contributed by atoms with E-state index in [-0.39, 0.29) is 29.1 Å². The topological polar surface area (TPSA) is 114 Å². The van der Waals surface area contributed by atoms with Crippen LogP contribution in [-0.2, 0) is 21.2 Å². The molecule has 0 aromatic carbocycles. The highest BCUT2D eigenvalue weighted by Gasteiger charge is 2.30. The number of aromatic nitrogens is 3. The second-order valence-corrected chi connectivity index (χ2v) is 9.22. The zero-order valence-corrected chi connectivity index (χ0v) is 14.9. The van der Waals surface area contributed by atoms with E-state index in [2.05, 4.69) is 15.5 Å². The van der Waals surface area contributed by atoms with E-state index in [4.69, 9.17) is 0 Å². The number of hydrogen-bond donors (Lipinski definition) is 2. The Morgan fingerprint density at radius 1 is 1.57 bits per heavy atom. The lowest BCUT2D eigenvalue weighted by atomic mass is 10.2. The highest BCUT2D eigenvalue weighted by molar-refractivity contribution is 8.00. The lowest BCUT2D eigenvalue weighted by Gasteiger charge is -2.15. The van der Waals surface area contributed by atoms with Crippen molar-refractivity contribution in [2.24, 2.45) is 0 Å². The molecule has 2 rings (SSSR count). The molecule has 0 unspecified atom stereocenters. The van der Waals surface area contributed by atoms with Gasteiger partial charge >= 0.3 is 5.69 Å². The minimum Gasteiger partial charge on any atom is -0.351 e. The molecule has 2 atom stereocenters. The quantitative estimate of drug-likeness (QED) is 0.668. The second kappa shape index (κ2) is 7.52. The second-order valence-electron chi connectivity index (χ2n) is 5.69. The maximum Gasteiger partial charge on any atom is 0.343 e. The number of H-pyrrole nitrogens is 1. The predicted molar refractivity (Wildman–Crippen MR) is 88.3 cm³/mol. The third kappa shape index (κ3) is 4.84. The van der Waals surface area contributed by atoms with Gasteiger partial charge in [-0.2, -0.15) is 0 Å². The summed E-state index contributed by atoms with van der Waals surface area (Å²) >= 11 is 1.19. The van der Waals surface area contributed by atoms with Gasteiger partial charge in [-0.1, -0.05) is 25.1 Å². The van der Waals surface area contributed by atoms with E-state index >= 15 is 0 Å². The Morgan fingerprint density at radius 3 is 2.91 bits per heavy atom. The van der Waals surface area contributed by atoms with Crippen LogP contribution >= 0.6 is 11.8 Å². The molecule has 130 valence electrons.